The van der Waals surface area contributed by atoms with Gasteiger partial charge in [-0.1, -0.05) is 48.7 Å². The fourth-order valence-corrected chi connectivity index (χ4v) is 3.33. The highest BCUT2D eigenvalue weighted by Crippen LogP contribution is 2.37. The van der Waals surface area contributed by atoms with Crippen LogP contribution in [0.2, 0.25) is 15.1 Å². The first-order chi connectivity index (χ1) is 9.21. The number of hydrogen-bond donors (Lipinski definition) is 1. The quantitative estimate of drug-likeness (QED) is 0.776. The summed E-state index contributed by atoms with van der Waals surface area (Å²) >= 11 is 18.6. The van der Waals surface area contributed by atoms with E-state index in [0.717, 1.165) is 18.8 Å². The van der Waals surface area contributed by atoms with Crippen molar-refractivity contribution in [2.45, 2.75) is 39.3 Å². The lowest BCUT2D eigenvalue weighted by Gasteiger charge is -2.47. The molecule has 2 nitrogen and oxygen atoms in total. The summed E-state index contributed by atoms with van der Waals surface area (Å²) in [5.74, 6) is 0.518. The maximum Gasteiger partial charge on any atom is 0.0655 e. The summed E-state index contributed by atoms with van der Waals surface area (Å²) in [4.78, 5) is 2.35. The maximum atomic E-state index is 6.39. The molecular formula is C15H21Cl3N2. The Morgan fingerprint density at radius 1 is 1.15 bits per heavy atom. The molecule has 1 atom stereocenters. The molecule has 0 spiro atoms. The van der Waals surface area contributed by atoms with Gasteiger partial charge in [0.05, 0.1) is 20.8 Å². The van der Waals surface area contributed by atoms with Gasteiger partial charge >= 0.3 is 0 Å². The summed E-state index contributed by atoms with van der Waals surface area (Å²) in [6, 6.07) is 3.99. The first-order valence-corrected chi connectivity index (χ1v) is 8.01. The zero-order valence-corrected chi connectivity index (χ0v) is 14.6. The van der Waals surface area contributed by atoms with Crippen LogP contribution in [0.4, 0.5) is 5.69 Å². The van der Waals surface area contributed by atoms with Gasteiger partial charge in [-0.05, 0) is 31.9 Å². The summed E-state index contributed by atoms with van der Waals surface area (Å²) in [6.45, 7) is 10.7. The van der Waals surface area contributed by atoms with Crippen LogP contribution in [-0.4, -0.2) is 24.7 Å². The Hall–Kier alpha value is -0.150. The first kappa shape index (κ1) is 16.2. The molecule has 1 aliphatic heterocycles. The number of benzene rings is 1. The number of piperazine rings is 1. The van der Waals surface area contributed by atoms with Gasteiger partial charge in [-0.15, -0.1) is 0 Å². The van der Waals surface area contributed by atoms with Crippen molar-refractivity contribution in [1.82, 2.24) is 5.32 Å². The van der Waals surface area contributed by atoms with E-state index in [-0.39, 0.29) is 5.54 Å². The van der Waals surface area contributed by atoms with Gasteiger partial charge in [-0.25, -0.2) is 0 Å². The molecule has 0 bridgehead atoms. The van der Waals surface area contributed by atoms with Crippen molar-refractivity contribution in [2.24, 2.45) is 5.92 Å². The fraction of sp³-hybridized carbons (Fsp3) is 0.600. The van der Waals surface area contributed by atoms with Gasteiger partial charge in [0, 0.05) is 24.7 Å². The number of nitrogens with one attached hydrogen (secondary N) is 1. The molecule has 0 saturated carbocycles. The van der Waals surface area contributed by atoms with E-state index in [2.05, 4.69) is 37.9 Å². The summed E-state index contributed by atoms with van der Waals surface area (Å²) in [7, 11) is 0. The molecule has 1 saturated heterocycles. The molecule has 0 amide bonds. The molecule has 1 aliphatic rings. The Balaban J connectivity index is 2.43. The molecule has 1 heterocycles. The Bertz CT molecular complexity index is 500. The van der Waals surface area contributed by atoms with Gasteiger partial charge in [0.15, 0.2) is 0 Å². The van der Waals surface area contributed by atoms with Crippen LogP contribution < -0.4 is 10.2 Å². The maximum absolute atomic E-state index is 6.39. The molecule has 0 aliphatic carbocycles. The molecule has 1 N–H and O–H groups in total. The molecule has 112 valence electrons. The topological polar surface area (TPSA) is 15.3 Å². The SMILES string of the molecule is CC(C)C1CNC(C)(C)CN1c1cc(Cl)c(Cl)cc1Cl. The third-order valence-corrected chi connectivity index (χ3v) is 4.85. The molecule has 1 aromatic rings. The standard InChI is InChI=1S/C15H21Cl3N2/c1-9(2)14-7-19-15(3,4)8-20(14)13-6-11(17)10(16)5-12(13)18/h5-6,9,14,19H,7-8H2,1-4H3. The lowest BCUT2D eigenvalue weighted by molar-refractivity contribution is 0.277. The van der Waals surface area contributed by atoms with E-state index in [4.69, 9.17) is 34.8 Å². The fourth-order valence-electron chi connectivity index (χ4n) is 2.68. The van der Waals surface area contributed by atoms with Gasteiger partial charge in [0.2, 0.25) is 0 Å². The van der Waals surface area contributed by atoms with Crippen molar-refractivity contribution in [3.8, 4) is 0 Å². The minimum Gasteiger partial charge on any atom is -0.364 e. The number of rotatable bonds is 2. The van der Waals surface area contributed by atoms with Gasteiger partial charge in [-0.2, -0.15) is 0 Å². The van der Waals surface area contributed by atoms with Crippen LogP contribution in [0.5, 0.6) is 0 Å². The second-order valence-corrected chi connectivity index (χ2v) is 7.64. The van der Waals surface area contributed by atoms with Crippen LogP contribution in [0.25, 0.3) is 0 Å². The Morgan fingerprint density at radius 3 is 2.35 bits per heavy atom. The zero-order chi connectivity index (χ0) is 15.1. The minimum absolute atomic E-state index is 0.0425. The monoisotopic (exact) mass is 334 g/mol. The van der Waals surface area contributed by atoms with Crippen LogP contribution in [-0.2, 0) is 0 Å². The summed E-state index contributed by atoms with van der Waals surface area (Å²) in [5.41, 5.74) is 1.01. The normalized spacial score (nSPS) is 22.4. The predicted octanol–water partition coefficient (Wildman–Crippen LogP) is 4.86. The average molecular weight is 336 g/mol. The third kappa shape index (κ3) is 3.36. The Labute approximate surface area is 136 Å². The summed E-state index contributed by atoms with van der Waals surface area (Å²) in [6.07, 6.45) is 0. The van der Waals surface area contributed by atoms with Crippen molar-refractivity contribution >= 4 is 40.5 Å². The lowest BCUT2D eigenvalue weighted by Crippen LogP contribution is -2.63. The van der Waals surface area contributed by atoms with Crippen LogP contribution in [0, 0.1) is 5.92 Å². The predicted molar refractivity (Wildman–Crippen MR) is 89.5 cm³/mol. The molecule has 1 aromatic carbocycles. The van der Waals surface area contributed by atoms with Crippen LogP contribution in [0.1, 0.15) is 27.7 Å². The Kier molecular flexibility index (Phi) is 4.80. The van der Waals surface area contributed by atoms with Crippen molar-refractivity contribution in [3.63, 3.8) is 0 Å². The van der Waals surface area contributed by atoms with E-state index < -0.39 is 0 Å². The number of halogens is 3. The number of hydrogen-bond acceptors (Lipinski definition) is 2. The van der Waals surface area contributed by atoms with E-state index in [0.29, 0.717) is 27.0 Å². The summed E-state index contributed by atoms with van der Waals surface area (Å²) < 4.78 is 0. The van der Waals surface area contributed by atoms with E-state index >= 15 is 0 Å². The van der Waals surface area contributed by atoms with Gasteiger partial charge in [0.25, 0.3) is 0 Å². The highest BCUT2D eigenvalue weighted by Gasteiger charge is 2.35. The first-order valence-electron chi connectivity index (χ1n) is 6.87. The molecule has 0 aromatic heterocycles. The molecule has 0 radical (unpaired) electrons. The van der Waals surface area contributed by atoms with E-state index in [1.807, 2.05) is 6.07 Å². The largest absolute Gasteiger partial charge is 0.364 e. The zero-order valence-electron chi connectivity index (χ0n) is 12.3. The second kappa shape index (κ2) is 5.92. The van der Waals surface area contributed by atoms with Crippen molar-refractivity contribution in [3.05, 3.63) is 27.2 Å². The highest BCUT2D eigenvalue weighted by molar-refractivity contribution is 6.44. The van der Waals surface area contributed by atoms with Gasteiger partial charge < -0.3 is 10.2 Å². The van der Waals surface area contributed by atoms with Gasteiger partial charge in [-0.3, -0.25) is 0 Å². The smallest absolute Gasteiger partial charge is 0.0655 e. The number of nitrogens with zero attached hydrogens (tertiary/aromatic N) is 1. The molecule has 1 fully saturated rings. The molecule has 1 unspecified atom stereocenters. The highest BCUT2D eigenvalue weighted by atomic mass is 35.5. The van der Waals surface area contributed by atoms with Crippen molar-refractivity contribution in [1.29, 1.82) is 0 Å². The molecule has 5 heteroatoms. The van der Waals surface area contributed by atoms with Crippen molar-refractivity contribution in [2.75, 3.05) is 18.0 Å². The Morgan fingerprint density at radius 2 is 1.75 bits per heavy atom. The molecular weight excluding hydrogens is 315 g/mol. The average Bonchev–Trinajstić information content (AvgIpc) is 2.32. The van der Waals surface area contributed by atoms with Crippen LogP contribution >= 0.6 is 34.8 Å². The van der Waals surface area contributed by atoms with E-state index in [1.165, 1.54) is 0 Å². The van der Waals surface area contributed by atoms with Crippen LogP contribution in [0.3, 0.4) is 0 Å². The molecule has 20 heavy (non-hydrogen) atoms. The third-order valence-electron chi connectivity index (χ3n) is 3.82. The summed E-state index contributed by atoms with van der Waals surface area (Å²) in [5, 5.41) is 5.29. The minimum atomic E-state index is 0.0425. The second-order valence-electron chi connectivity index (χ2n) is 6.42. The van der Waals surface area contributed by atoms with E-state index in [1.54, 1.807) is 6.07 Å². The van der Waals surface area contributed by atoms with Crippen LogP contribution in [0.15, 0.2) is 12.1 Å². The van der Waals surface area contributed by atoms with Gasteiger partial charge in [0.1, 0.15) is 0 Å². The van der Waals surface area contributed by atoms with Crippen molar-refractivity contribution < 1.29 is 0 Å². The van der Waals surface area contributed by atoms with E-state index in [9.17, 15) is 0 Å². The lowest BCUT2D eigenvalue weighted by atomic mass is 9.92. The molecule has 2 rings (SSSR count). The number of anilines is 1.